The molecule has 0 aromatic carbocycles. The first-order chi connectivity index (χ1) is 4.67. The molecule has 0 radical (unpaired) electrons. The van der Waals surface area contributed by atoms with Gasteiger partial charge in [0.2, 0.25) is 0 Å². The van der Waals surface area contributed by atoms with Gasteiger partial charge in [-0.3, -0.25) is 0 Å². The number of aliphatic hydroxyl groups is 1. The molecule has 1 N–H and O–H groups in total. The van der Waals surface area contributed by atoms with Gasteiger partial charge in [0.25, 0.3) is 0 Å². The first-order valence-electron chi connectivity index (χ1n) is 3.92. The Labute approximate surface area is 62.2 Å². The molecule has 0 bridgehead atoms. The van der Waals surface area contributed by atoms with Crippen LogP contribution in [-0.4, -0.2) is 23.9 Å². The van der Waals surface area contributed by atoms with Crippen LogP contribution in [0.4, 0.5) is 0 Å². The predicted molar refractivity (Wildman–Crippen MR) is 39.9 cm³/mol. The zero-order chi connectivity index (χ0) is 7.61. The summed E-state index contributed by atoms with van der Waals surface area (Å²) in [4.78, 5) is 0. The highest BCUT2D eigenvalue weighted by Crippen LogP contribution is 2.29. The van der Waals surface area contributed by atoms with Gasteiger partial charge in [-0.2, -0.15) is 0 Å². The van der Waals surface area contributed by atoms with Crippen LogP contribution in [0.1, 0.15) is 32.6 Å². The third-order valence-corrected chi connectivity index (χ3v) is 2.38. The van der Waals surface area contributed by atoms with E-state index in [-0.39, 0.29) is 6.10 Å². The molecule has 0 aromatic heterocycles. The van der Waals surface area contributed by atoms with Crippen LogP contribution in [0, 0.1) is 0 Å². The zero-order valence-electron chi connectivity index (χ0n) is 6.76. The lowest BCUT2D eigenvalue weighted by molar-refractivity contribution is -0.104. The first kappa shape index (κ1) is 8.02. The van der Waals surface area contributed by atoms with Crippen LogP contribution in [0.25, 0.3) is 0 Å². The molecular formula is C8H16O2. The number of ether oxygens (including phenoxy) is 1. The molecule has 1 aliphatic rings. The molecule has 10 heavy (non-hydrogen) atoms. The van der Waals surface area contributed by atoms with Crippen molar-refractivity contribution in [3.63, 3.8) is 0 Å². The topological polar surface area (TPSA) is 29.5 Å². The average molecular weight is 144 g/mol. The van der Waals surface area contributed by atoms with E-state index in [1.54, 1.807) is 7.11 Å². The molecule has 0 amide bonds. The van der Waals surface area contributed by atoms with Crippen LogP contribution in [0.3, 0.4) is 0 Å². The molecule has 0 aliphatic heterocycles. The van der Waals surface area contributed by atoms with Gasteiger partial charge in [0.05, 0.1) is 11.7 Å². The van der Waals surface area contributed by atoms with Gasteiger partial charge >= 0.3 is 0 Å². The molecular weight excluding hydrogens is 128 g/mol. The summed E-state index contributed by atoms with van der Waals surface area (Å²) in [5.41, 5.74) is -0.576. The molecule has 0 spiro atoms. The highest BCUT2D eigenvalue weighted by Gasteiger charge is 2.34. The molecule has 1 fully saturated rings. The van der Waals surface area contributed by atoms with Gasteiger partial charge in [0.1, 0.15) is 0 Å². The largest absolute Gasteiger partial charge is 0.387 e. The molecule has 60 valence electrons. The maximum Gasteiger partial charge on any atom is 0.0880 e. The van der Waals surface area contributed by atoms with Crippen molar-refractivity contribution < 1.29 is 9.84 Å². The SMILES string of the molecule is CO[C@H]1CCCC[C@@]1(C)O. The number of hydrogen-bond acceptors (Lipinski definition) is 2. The van der Waals surface area contributed by atoms with E-state index in [0.29, 0.717) is 0 Å². The fraction of sp³-hybridized carbons (Fsp3) is 1.00. The Morgan fingerprint density at radius 3 is 2.60 bits per heavy atom. The minimum Gasteiger partial charge on any atom is -0.387 e. The van der Waals surface area contributed by atoms with Crippen molar-refractivity contribution in [3.8, 4) is 0 Å². The summed E-state index contributed by atoms with van der Waals surface area (Å²) in [5.74, 6) is 0. The van der Waals surface area contributed by atoms with Gasteiger partial charge in [0, 0.05) is 7.11 Å². The molecule has 0 aromatic rings. The first-order valence-corrected chi connectivity index (χ1v) is 3.92. The molecule has 1 rings (SSSR count). The minimum atomic E-state index is -0.576. The average Bonchev–Trinajstić information content (AvgIpc) is 1.87. The summed E-state index contributed by atoms with van der Waals surface area (Å²) in [6, 6.07) is 0. The van der Waals surface area contributed by atoms with Gasteiger partial charge in [-0.25, -0.2) is 0 Å². The molecule has 1 aliphatic carbocycles. The van der Waals surface area contributed by atoms with Crippen molar-refractivity contribution in [2.45, 2.75) is 44.3 Å². The van der Waals surface area contributed by atoms with Crippen LogP contribution in [0.2, 0.25) is 0 Å². The van der Waals surface area contributed by atoms with Crippen molar-refractivity contribution in [2.75, 3.05) is 7.11 Å². The molecule has 1 saturated carbocycles. The fourth-order valence-electron chi connectivity index (χ4n) is 1.66. The maximum absolute atomic E-state index is 9.71. The Hall–Kier alpha value is -0.0800. The van der Waals surface area contributed by atoms with Crippen molar-refractivity contribution in [1.82, 2.24) is 0 Å². The highest BCUT2D eigenvalue weighted by atomic mass is 16.5. The molecule has 0 unspecified atom stereocenters. The number of methoxy groups -OCH3 is 1. The van der Waals surface area contributed by atoms with Crippen LogP contribution >= 0.6 is 0 Å². The van der Waals surface area contributed by atoms with Crippen LogP contribution in [0.15, 0.2) is 0 Å². The second-order valence-corrected chi connectivity index (χ2v) is 3.33. The zero-order valence-corrected chi connectivity index (χ0v) is 6.76. The van der Waals surface area contributed by atoms with Crippen molar-refractivity contribution in [3.05, 3.63) is 0 Å². The summed E-state index contributed by atoms with van der Waals surface area (Å²) < 4.78 is 5.16. The Kier molecular flexibility index (Phi) is 2.32. The summed E-state index contributed by atoms with van der Waals surface area (Å²) in [7, 11) is 1.67. The van der Waals surface area contributed by atoms with Gasteiger partial charge in [-0.1, -0.05) is 12.8 Å². The summed E-state index contributed by atoms with van der Waals surface area (Å²) in [5, 5.41) is 9.71. The van der Waals surface area contributed by atoms with Crippen LogP contribution in [0.5, 0.6) is 0 Å². The third-order valence-electron chi connectivity index (χ3n) is 2.38. The van der Waals surface area contributed by atoms with Crippen molar-refractivity contribution >= 4 is 0 Å². The lowest BCUT2D eigenvalue weighted by Gasteiger charge is -2.35. The number of hydrogen-bond donors (Lipinski definition) is 1. The normalized spacial score (nSPS) is 41.7. The fourth-order valence-corrected chi connectivity index (χ4v) is 1.66. The van der Waals surface area contributed by atoms with E-state index in [0.717, 1.165) is 19.3 Å². The smallest absolute Gasteiger partial charge is 0.0880 e. The molecule has 0 saturated heterocycles. The monoisotopic (exact) mass is 144 g/mol. The Balaban J connectivity index is 2.51. The summed E-state index contributed by atoms with van der Waals surface area (Å²) >= 11 is 0. The van der Waals surface area contributed by atoms with Crippen molar-refractivity contribution in [2.24, 2.45) is 0 Å². The van der Waals surface area contributed by atoms with Gasteiger partial charge < -0.3 is 9.84 Å². The van der Waals surface area contributed by atoms with E-state index in [9.17, 15) is 5.11 Å². The van der Waals surface area contributed by atoms with Gasteiger partial charge in [-0.15, -0.1) is 0 Å². The van der Waals surface area contributed by atoms with E-state index in [1.807, 2.05) is 6.92 Å². The van der Waals surface area contributed by atoms with E-state index in [4.69, 9.17) is 4.74 Å². The van der Waals surface area contributed by atoms with Gasteiger partial charge in [0.15, 0.2) is 0 Å². The Morgan fingerprint density at radius 2 is 2.20 bits per heavy atom. The molecule has 2 atom stereocenters. The molecule has 2 heteroatoms. The Bertz CT molecular complexity index is 110. The van der Waals surface area contributed by atoms with E-state index in [2.05, 4.69) is 0 Å². The highest BCUT2D eigenvalue weighted by molar-refractivity contribution is 4.86. The lowest BCUT2D eigenvalue weighted by atomic mass is 9.84. The quantitative estimate of drug-likeness (QED) is 0.601. The molecule has 2 nitrogen and oxygen atoms in total. The van der Waals surface area contributed by atoms with E-state index in [1.165, 1.54) is 6.42 Å². The number of rotatable bonds is 1. The van der Waals surface area contributed by atoms with Gasteiger partial charge in [-0.05, 0) is 19.8 Å². The summed E-state index contributed by atoms with van der Waals surface area (Å²) in [6.45, 7) is 1.86. The third kappa shape index (κ3) is 1.50. The van der Waals surface area contributed by atoms with E-state index >= 15 is 0 Å². The van der Waals surface area contributed by atoms with Crippen LogP contribution in [-0.2, 0) is 4.74 Å². The predicted octanol–water partition coefficient (Wildman–Crippen LogP) is 1.33. The standard InChI is InChI=1S/C8H16O2/c1-8(9)6-4-3-5-7(8)10-2/h7,9H,3-6H2,1-2H3/t7-,8+/m0/s1. The summed E-state index contributed by atoms with van der Waals surface area (Å²) in [6.07, 6.45) is 4.26. The Morgan fingerprint density at radius 1 is 1.50 bits per heavy atom. The van der Waals surface area contributed by atoms with Crippen molar-refractivity contribution in [1.29, 1.82) is 0 Å². The minimum absolute atomic E-state index is 0.0567. The second kappa shape index (κ2) is 2.89. The maximum atomic E-state index is 9.71. The molecule has 0 heterocycles. The van der Waals surface area contributed by atoms with E-state index < -0.39 is 5.60 Å². The van der Waals surface area contributed by atoms with Crippen LogP contribution < -0.4 is 0 Å². The second-order valence-electron chi connectivity index (χ2n) is 3.33. The lowest BCUT2D eigenvalue weighted by Crippen LogP contribution is -2.42.